The third-order valence-corrected chi connectivity index (χ3v) is 8.51. The maximum absolute atomic E-state index is 11.8. The highest BCUT2D eigenvalue weighted by Crippen LogP contribution is 2.66. The van der Waals surface area contributed by atoms with Crippen molar-refractivity contribution in [3.8, 4) is 11.5 Å². The minimum absolute atomic E-state index is 0.0209. The molecule has 3 aliphatic rings. The van der Waals surface area contributed by atoms with E-state index >= 15 is 0 Å². The maximum atomic E-state index is 11.8. The SMILES string of the molecule is C[C@@H]1CC[C@H]2C(C)(C)[C@H](O)CC[C@]2(C)C12Cc1c(O)cc(C=O)c(C=O)c1O2. The topological polar surface area (TPSA) is 83.8 Å². The molecule has 0 aromatic heterocycles. The van der Waals surface area contributed by atoms with Gasteiger partial charge in [-0.2, -0.15) is 0 Å². The molecule has 2 N–H and O–H groups in total. The Hall–Kier alpha value is -1.88. The zero-order chi connectivity index (χ0) is 20.5. The van der Waals surface area contributed by atoms with E-state index in [1.807, 2.05) is 0 Å². The van der Waals surface area contributed by atoms with Crippen molar-refractivity contribution in [2.24, 2.45) is 22.7 Å². The first kappa shape index (κ1) is 19.4. The van der Waals surface area contributed by atoms with Crippen molar-refractivity contribution in [2.75, 3.05) is 0 Å². The van der Waals surface area contributed by atoms with E-state index in [1.165, 1.54) is 6.07 Å². The van der Waals surface area contributed by atoms with Gasteiger partial charge >= 0.3 is 0 Å². The Labute approximate surface area is 166 Å². The van der Waals surface area contributed by atoms with Gasteiger partial charge in [-0.3, -0.25) is 9.59 Å². The van der Waals surface area contributed by atoms with Gasteiger partial charge in [-0.25, -0.2) is 0 Å². The molecule has 0 amide bonds. The number of carbonyl (C=O) groups excluding carboxylic acids is 2. The maximum Gasteiger partial charge on any atom is 0.154 e. The number of ether oxygens (including phenoxy) is 1. The molecular formula is C23H30O5. The standard InChI is InChI=1S/C23H30O5/c1-13-5-6-18-21(2,3)19(27)7-8-22(18,4)23(13)10-15-17(26)9-14(11-24)16(12-25)20(15)28-23/h9,11-13,18-19,26-27H,5-8,10H2,1-4H3/t13-,18+,19-,22+,23?/m1/s1. The number of aldehydes is 2. The Kier molecular flexibility index (Phi) is 4.20. The molecule has 1 unspecified atom stereocenters. The van der Waals surface area contributed by atoms with Crippen LogP contribution in [0.5, 0.6) is 11.5 Å². The summed E-state index contributed by atoms with van der Waals surface area (Å²) in [7, 11) is 0. The van der Waals surface area contributed by atoms with E-state index in [0.717, 1.165) is 19.3 Å². The molecule has 0 bridgehead atoms. The molecule has 152 valence electrons. The molecule has 28 heavy (non-hydrogen) atoms. The molecule has 1 spiro atoms. The summed E-state index contributed by atoms with van der Waals surface area (Å²) in [4.78, 5) is 23.2. The normalized spacial score (nSPS) is 38.4. The summed E-state index contributed by atoms with van der Waals surface area (Å²) in [6.07, 6.45) is 4.95. The number of fused-ring (bicyclic) bond motifs is 3. The lowest BCUT2D eigenvalue weighted by molar-refractivity contribution is -0.210. The monoisotopic (exact) mass is 386 g/mol. The number of benzene rings is 1. The Morgan fingerprint density at radius 2 is 1.86 bits per heavy atom. The first-order chi connectivity index (χ1) is 13.1. The number of phenolic OH excluding ortho intramolecular Hbond substituents is 1. The van der Waals surface area contributed by atoms with Gasteiger partial charge in [0.25, 0.3) is 0 Å². The average molecular weight is 386 g/mol. The summed E-state index contributed by atoms with van der Waals surface area (Å²) in [5.41, 5.74) is 0.0139. The van der Waals surface area contributed by atoms with Gasteiger partial charge in [0.2, 0.25) is 0 Å². The van der Waals surface area contributed by atoms with Crippen LogP contribution in [0.25, 0.3) is 0 Å². The van der Waals surface area contributed by atoms with E-state index in [1.54, 1.807) is 0 Å². The molecule has 5 atom stereocenters. The van der Waals surface area contributed by atoms with Gasteiger partial charge in [0.1, 0.15) is 17.1 Å². The lowest BCUT2D eigenvalue weighted by Gasteiger charge is -2.64. The van der Waals surface area contributed by atoms with Crippen LogP contribution in [0.15, 0.2) is 6.07 Å². The number of aliphatic hydroxyl groups excluding tert-OH is 1. The minimum Gasteiger partial charge on any atom is -0.508 e. The first-order valence-electron chi connectivity index (χ1n) is 10.3. The van der Waals surface area contributed by atoms with Gasteiger partial charge in [0.15, 0.2) is 12.6 Å². The molecule has 5 heteroatoms. The van der Waals surface area contributed by atoms with Gasteiger partial charge in [-0.1, -0.05) is 27.7 Å². The number of phenols is 1. The molecule has 1 aromatic rings. The number of hydrogen-bond acceptors (Lipinski definition) is 5. The van der Waals surface area contributed by atoms with Crippen LogP contribution in [0.1, 0.15) is 79.7 Å². The highest BCUT2D eigenvalue weighted by Gasteiger charge is 2.67. The van der Waals surface area contributed by atoms with Crippen LogP contribution >= 0.6 is 0 Å². The largest absolute Gasteiger partial charge is 0.508 e. The molecular weight excluding hydrogens is 356 g/mol. The minimum atomic E-state index is -0.563. The Morgan fingerprint density at radius 1 is 1.14 bits per heavy atom. The highest BCUT2D eigenvalue weighted by molar-refractivity contribution is 5.95. The highest BCUT2D eigenvalue weighted by atomic mass is 16.5. The van der Waals surface area contributed by atoms with E-state index in [0.29, 0.717) is 36.7 Å². The Morgan fingerprint density at radius 3 is 2.50 bits per heavy atom. The van der Waals surface area contributed by atoms with Gasteiger partial charge in [-0.05, 0) is 49.0 Å². The number of rotatable bonds is 2. The smallest absolute Gasteiger partial charge is 0.154 e. The average Bonchev–Trinajstić information content (AvgIpc) is 3.06. The molecule has 2 saturated carbocycles. The first-order valence-corrected chi connectivity index (χ1v) is 10.3. The van der Waals surface area contributed by atoms with Gasteiger partial charge < -0.3 is 14.9 Å². The fraction of sp³-hybridized carbons (Fsp3) is 0.652. The zero-order valence-corrected chi connectivity index (χ0v) is 17.1. The van der Waals surface area contributed by atoms with Crippen LogP contribution < -0.4 is 4.74 Å². The van der Waals surface area contributed by atoms with Gasteiger partial charge in [-0.15, -0.1) is 0 Å². The van der Waals surface area contributed by atoms with Gasteiger partial charge in [0.05, 0.1) is 11.7 Å². The lowest BCUT2D eigenvalue weighted by atomic mass is 9.43. The van der Waals surface area contributed by atoms with Crippen molar-refractivity contribution >= 4 is 12.6 Å². The van der Waals surface area contributed by atoms with Crippen molar-refractivity contribution < 1.29 is 24.5 Å². The van der Waals surface area contributed by atoms with Crippen molar-refractivity contribution in [3.05, 3.63) is 22.8 Å². The van der Waals surface area contributed by atoms with Crippen LogP contribution in [0.2, 0.25) is 0 Å². The van der Waals surface area contributed by atoms with E-state index in [9.17, 15) is 19.8 Å². The summed E-state index contributed by atoms with van der Waals surface area (Å²) in [5.74, 6) is 0.884. The van der Waals surface area contributed by atoms with E-state index in [4.69, 9.17) is 4.74 Å². The Balaban J connectivity index is 1.88. The van der Waals surface area contributed by atoms with Crippen molar-refractivity contribution in [1.29, 1.82) is 0 Å². The van der Waals surface area contributed by atoms with Crippen molar-refractivity contribution in [2.45, 2.75) is 71.5 Å². The second-order valence-electron chi connectivity index (χ2n) is 9.93. The third kappa shape index (κ3) is 2.23. The predicted molar refractivity (Wildman–Crippen MR) is 105 cm³/mol. The number of aliphatic hydroxyl groups is 1. The number of hydrogen-bond donors (Lipinski definition) is 2. The van der Waals surface area contributed by atoms with Crippen LogP contribution in [0.3, 0.4) is 0 Å². The fourth-order valence-electron chi connectivity index (χ4n) is 6.75. The second-order valence-corrected chi connectivity index (χ2v) is 9.93. The molecule has 2 aliphatic carbocycles. The van der Waals surface area contributed by atoms with Crippen LogP contribution in [-0.2, 0) is 6.42 Å². The summed E-state index contributed by atoms with van der Waals surface area (Å²) in [6.45, 7) is 8.73. The summed E-state index contributed by atoms with van der Waals surface area (Å²) >= 11 is 0. The summed E-state index contributed by atoms with van der Waals surface area (Å²) in [5, 5.41) is 21.3. The molecule has 1 aliphatic heterocycles. The quantitative estimate of drug-likeness (QED) is 0.753. The Bertz CT molecular complexity index is 844. The molecule has 5 nitrogen and oxygen atoms in total. The second kappa shape index (κ2) is 6.06. The lowest BCUT2D eigenvalue weighted by Crippen LogP contribution is -2.66. The van der Waals surface area contributed by atoms with E-state index < -0.39 is 5.60 Å². The third-order valence-electron chi connectivity index (χ3n) is 8.51. The predicted octanol–water partition coefficient (Wildman–Crippen LogP) is 3.92. The molecule has 1 heterocycles. The van der Waals surface area contributed by atoms with Crippen LogP contribution in [0.4, 0.5) is 0 Å². The number of aromatic hydroxyl groups is 1. The molecule has 0 radical (unpaired) electrons. The van der Waals surface area contributed by atoms with E-state index in [-0.39, 0.29) is 45.6 Å². The van der Waals surface area contributed by atoms with E-state index in [2.05, 4.69) is 27.7 Å². The molecule has 4 rings (SSSR count). The van der Waals surface area contributed by atoms with Crippen LogP contribution in [0, 0.1) is 22.7 Å². The fourth-order valence-corrected chi connectivity index (χ4v) is 6.75. The van der Waals surface area contributed by atoms with Crippen molar-refractivity contribution in [1.82, 2.24) is 0 Å². The molecule has 2 fully saturated rings. The summed E-state index contributed by atoms with van der Waals surface area (Å²) < 4.78 is 6.66. The van der Waals surface area contributed by atoms with Crippen molar-refractivity contribution in [3.63, 3.8) is 0 Å². The van der Waals surface area contributed by atoms with Crippen LogP contribution in [-0.4, -0.2) is 34.5 Å². The summed E-state index contributed by atoms with van der Waals surface area (Å²) in [6, 6.07) is 1.37. The molecule has 0 saturated heterocycles. The molecule has 1 aromatic carbocycles. The van der Waals surface area contributed by atoms with Gasteiger partial charge in [0, 0.05) is 23.0 Å². The number of carbonyl (C=O) groups is 2. The zero-order valence-electron chi connectivity index (χ0n) is 17.1.